The maximum absolute atomic E-state index is 11.8. The van der Waals surface area contributed by atoms with Crippen LogP contribution in [-0.4, -0.2) is 32.1 Å². The lowest BCUT2D eigenvalue weighted by molar-refractivity contribution is 0.0944. The number of aromatic nitrogens is 1. The molecule has 0 unspecified atom stereocenters. The van der Waals surface area contributed by atoms with E-state index in [2.05, 4.69) is 17.2 Å². The molecule has 1 rings (SSSR count). The SMILES string of the molecule is CCCCCNC(=O)c1ncccc1S(C)(=O)=O. The first kappa shape index (κ1) is 14.6. The van der Waals surface area contributed by atoms with Gasteiger partial charge in [-0.05, 0) is 18.6 Å². The minimum Gasteiger partial charge on any atom is -0.351 e. The molecule has 1 aromatic rings. The molecule has 0 aliphatic rings. The molecule has 0 bridgehead atoms. The van der Waals surface area contributed by atoms with Crippen LogP contribution in [0.5, 0.6) is 0 Å². The van der Waals surface area contributed by atoms with Gasteiger partial charge < -0.3 is 5.32 Å². The Bertz CT molecular complexity index is 512. The molecule has 0 radical (unpaired) electrons. The monoisotopic (exact) mass is 270 g/mol. The second kappa shape index (κ2) is 6.49. The largest absolute Gasteiger partial charge is 0.351 e. The van der Waals surface area contributed by atoms with E-state index in [1.807, 2.05) is 0 Å². The molecule has 0 saturated heterocycles. The van der Waals surface area contributed by atoms with Crippen molar-refractivity contribution in [3.05, 3.63) is 24.0 Å². The summed E-state index contributed by atoms with van der Waals surface area (Å²) in [4.78, 5) is 15.7. The molecule has 0 fully saturated rings. The Morgan fingerprint density at radius 2 is 2.11 bits per heavy atom. The summed E-state index contributed by atoms with van der Waals surface area (Å²) in [6.45, 7) is 2.61. The zero-order valence-electron chi connectivity index (χ0n) is 10.6. The van der Waals surface area contributed by atoms with Gasteiger partial charge in [0.25, 0.3) is 5.91 Å². The molecule has 18 heavy (non-hydrogen) atoms. The molecular weight excluding hydrogens is 252 g/mol. The van der Waals surface area contributed by atoms with Gasteiger partial charge in [-0.2, -0.15) is 0 Å². The molecule has 0 aromatic carbocycles. The van der Waals surface area contributed by atoms with E-state index < -0.39 is 15.7 Å². The summed E-state index contributed by atoms with van der Waals surface area (Å²) in [5.41, 5.74) is -0.0310. The normalized spacial score (nSPS) is 11.2. The highest BCUT2D eigenvalue weighted by Crippen LogP contribution is 2.12. The Balaban J connectivity index is 2.80. The Kier molecular flexibility index (Phi) is 5.27. The second-order valence-corrected chi connectivity index (χ2v) is 6.07. The van der Waals surface area contributed by atoms with Gasteiger partial charge in [0.05, 0.1) is 4.90 Å². The molecule has 0 atom stereocenters. The molecule has 1 N–H and O–H groups in total. The lowest BCUT2D eigenvalue weighted by Crippen LogP contribution is -2.27. The van der Waals surface area contributed by atoms with Gasteiger partial charge in [0.1, 0.15) is 5.69 Å². The van der Waals surface area contributed by atoms with E-state index in [4.69, 9.17) is 0 Å². The van der Waals surface area contributed by atoms with E-state index in [0.29, 0.717) is 6.54 Å². The molecule has 0 aliphatic heterocycles. The van der Waals surface area contributed by atoms with Crippen LogP contribution < -0.4 is 5.32 Å². The van der Waals surface area contributed by atoms with Gasteiger partial charge in [-0.1, -0.05) is 19.8 Å². The zero-order chi connectivity index (χ0) is 13.6. The predicted molar refractivity (Wildman–Crippen MR) is 69.2 cm³/mol. The number of nitrogens with one attached hydrogen (secondary N) is 1. The summed E-state index contributed by atoms with van der Waals surface area (Å²) in [6, 6.07) is 2.90. The van der Waals surface area contributed by atoms with Crippen molar-refractivity contribution in [2.24, 2.45) is 0 Å². The van der Waals surface area contributed by atoms with Gasteiger partial charge in [0.2, 0.25) is 0 Å². The zero-order valence-corrected chi connectivity index (χ0v) is 11.5. The van der Waals surface area contributed by atoms with Crippen molar-refractivity contribution >= 4 is 15.7 Å². The van der Waals surface area contributed by atoms with Crippen molar-refractivity contribution in [2.75, 3.05) is 12.8 Å². The molecule has 0 aliphatic carbocycles. The third-order valence-corrected chi connectivity index (χ3v) is 3.58. The topological polar surface area (TPSA) is 76.1 Å². The maximum atomic E-state index is 11.8. The molecular formula is C12H18N2O3S. The highest BCUT2D eigenvalue weighted by molar-refractivity contribution is 7.90. The summed E-state index contributed by atoms with van der Waals surface area (Å²) in [5.74, 6) is -0.438. The third kappa shape index (κ3) is 4.10. The van der Waals surface area contributed by atoms with Gasteiger partial charge in [-0.25, -0.2) is 13.4 Å². The van der Waals surface area contributed by atoms with Crippen molar-refractivity contribution in [1.29, 1.82) is 0 Å². The van der Waals surface area contributed by atoms with Crippen LogP contribution in [0, 0.1) is 0 Å². The lowest BCUT2D eigenvalue weighted by atomic mass is 10.2. The maximum Gasteiger partial charge on any atom is 0.271 e. The van der Waals surface area contributed by atoms with E-state index >= 15 is 0 Å². The first-order valence-corrected chi connectivity index (χ1v) is 7.79. The fourth-order valence-electron chi connectivity index (χ4n) is 1.52. The van der Waals surface area contributed by atoms with E-state index in [-0.39, 0.29) is 10.6 Å². The molecule has 6 heteroatoms. The van der Waals surface area contributed by atoms with Gasteiger partial charge in [-0.3, -0.25) is 4.79 Å². The predicted octanol–water partition coefficient (Wildman–Crippen LogP) is 1.41. The number of sulfone groups is 1. The van der Waals surface area contributed by atoms with Crippen LogP contribution in [-0.2, 0) is 9.84 Å². The molecule has 100 valence electrons. The second-order valence-electron chi connectivity index (χ2n) is 4.09. The number of carbonyl (C=O) groups excluding carboxylic acids is 1. The fourth-order valence-corrected chi connectivity index (χ4v) is 2.34. The molecule has 1 amide bonds. The van der Waals surface area contributed by atoms with Gasteiger partial charge in [-0.15, -0.1) is 0 Å². The number of carbonyl (C=O) groups is 1. The average Bonchev–Trinajstić information content (AvgIpc) is 2.33. The van der Waals surface area contributed by atoms with Crippen molar-refractivity contribution < 1.29 is 13.2 Å². The number of hydrogen-bond acceptors (Lipinski definition) is 4. The van der Waals surface area contributed by atoms with Crippen LogP contribution in [0.1, 0.15) is 36.7 Å². The van der Waals surface area contributed by atoms with Gasteiger partial charge in [0.15, 0.2) is 9.84 Å². The third-order valence-electron chi connectivity index (χ3n) is 2.45. The smallest absolute Gasteiger partial charge is 0.271 e. The number of nitrogens with zero attached hydrogens (tertiary/aromatic N) is 1. The summed E-state index contributed by atoms with van der Waals surface area (Å²) in [5, 5.41) is 2.68. The molecule has 1 aromatic heterocycles. The Morgan fingerprint density at radius 1 is 1.39 bits per heavy atom. The number of pyridine rings is 1. The summed E-state index contributed by atoms with van der Waals surface area (Å²) < 4.78 is 23.0. The number of amides is 1. The van der Waals surface area contributed by atoms with Crippen LogP contribution in [0.25, 0.3) is 0 Å². The highest BCUT2D eigenvalue weighted by atomic mass is 32.2. The molecule has 1 heterocycles. The quantitative estimate of drug-likeness (QED) is 0.793. The Morgan fingerprint density at radius 3 is 2.72 bits per heavy atom. The van der Waals surface area contributed by atoms with Crippen LogP contribution in [0.3, 0.4) is 0 Å². The average molecular weight is 270 g/mol. The van der Waals surface area contributed by atoms with Crippen molar-refractivity contribution in [2.45, 2.75) is 31.1 Å². The summed E-state index contributed by atoms with van der Waals surface area (Å²) >= 11 is 0. The van der Waals surface area contributed by atoms with Gasteiger partial charge in [0, 0.05) is 19.0 Å². The van der Waals surface area contributed by atoms with Gasteiger partial charge >= 0.3 is 0 Å². The van der Waals surface area contributed by atoms with E-state index in [1.54, 1.807) is 0 Å². The first-order chi connectivity index (χ1) is 8.46. The molecule has 5 nitrogen and oxygen atoms in total. The minimum atomic E-state index is -3.44. The minimum absolute atomic E-state index is 0.0296. The fraction of sp³-hybridized carbons (Fsp3) is 0.500. The highest BCUT2D eigenvalue weighted by Gasteiger charge is 2.19. The van der Waals surface area contributed by atoms with Crippen molar-refractivity contribution in [3.8, 4) is 0 Å². The number of hydrogen-bond donors (Lipinski definition) is 1. The van der Waals surface area contributed by atoms with Crippen LogP contribution >= 0.6 is 0 Å². The first-order valence-electron chi connectivity index (χ1n) is 5.90. The number of rotatable bonds is 6. The van der Waals surface area contributed by atoms with Crippen LogP contribution in [0.15, 0.2) is 23.2 Å². The molecule has 0 saturated carbocycles. The lowest BCUT2D eigenvalue weighted by Gasteiger charge is -2.07. The van der Waals surface area contributed by atoms with Crippen molar-refractivity contribution in [1.82, 2.24) is 10.3 Å². The van der Waals surface area contributed by atoms with E-state index in [9.17, 15) is 13.2 Å². The van der Waals surface area contributed by atoms with E-state index in [1.165, 1.54) is 18.3 Å². The van der Waals surface area contributed by atoms with Crippen LogP contribution in [0.4, 0.5) is 0 Å². The Hall–Kier alpha value is -1.43. The molecule has 0 spiro atoms. The van der Waals surface area contributed by atoms with E-state index in [0.717, 1.165) is 25.5 Å². The Labute approximate surface area is 108 Å². The van der Waals surface area contributed by atoms with Crippen molar-refractivity contribution in [3.63, 3.8) is 0 Å². The van der Waals surface area contributed by atoms with Crippen LogP contribution in [0.2, 0.25) is 0 Å². The summed E-state index contributed by atoms with van der Waals surface area (Å²) in [7, 11) is -3.44. The number of unbranched alkanes of at least 4 members (excludes halogenated alkanes) is 2. The standard InChI is InChI=1S/C12H18N2O3S/c1-3-4-5-8-14-12(15)11-10(18(2,16)17)7-6-9-13-11/h6-7,9H,3-5,8H2,1-2H3,(H,14,15). The summed E-state index contributed by atoms with van der Waals surface area (Å²) in [6.07, 6.45) is 5.45.